The molecule has 0 bridgehead atoms. The summed E-state index contributed by atoms with van der Waals surface area (Å²) >= 11 is 0. The van der Waals surface area contributed by atoms with Crippen LogP contribution in [-0.2, 0) is 4.79 Å². The van der Waals surface area contributed by atoms with E-state index in [1.807, 2.05) is 13.8 Å². The fraction of sp³-hybridized carbons (Fsp3) is 0.950. The second-order valence-corrected chi connectivity index (χ2v) is 9.52. The van der Waals surface area contributed by atoms with E-state index in [1.54, 1.807) is 0 Å². The summed E-state index contributed by atoms with van der Waals surface area (Å²) in [6.07, 6.45) is 8.14. The maximum Gasteiger partial charge on any atom is 0.309 e. The molecule has 0 amide bonds. The molecule has 3 fully saturated rings. The maximum atomic E-state index is 12.0. The number of hydrogen-bond donors (Lipinski definition) is 2. The fourth-order valence-electron chi connectivity index (χ4n) is 7.21. The lowest BCUT2D eigenvalue weighted by molar-refractivity contribution is -0.201. The molecule has 0 spiro atoms. The van der Waals surface area contributed by atoms with E-state index in [2.05, 4.69) is 13.8 Å². The molecule has 0 aromatic carbocycles. The van der Waals surface area contributed by atoms with Crippen LogP contribution in [0.1, 0.15) is 79.1 Å². The van der Waals surface area contributed by atoms with Crippen LogP contribution in [0.15, 0.2) is 0 Å². The smallest absolute Gasteiger partial charge is 0.309 e. The highest BCUT2D eigenvalue weighted by Crippen LogP contribution is 2.68. The molecule has 0 aliphatic heterocycles. The van der Waals surface area contributed by atoms with Crippen LogP contribution in [0.25, 0.3) is 0 Å². The maximum absolute atomic E-state index is 12.0. The van der Waals surface area contributed by atoms with Crippen LogP contribution in [0.4, 0.5) is 0 Å². The number of carboxylic acids is 1. The third-order valence-electron chi connectivity index (χ3n) is 8.36. The third-order valence-corrected chi connectivity index (χ3v) is 8.36. The molecule has 0 heterocycles. The highest BCUT2D eigenvalue weighted by atomic mass is 16.4. The molecule has 3 nitrogen and oxygen atoms in total. The molecule has 3 rings (SSSR count). The van der Waals surface area contributed by atoms with Crippen LogP contribution in [0, 0.1) is 34.0 Å². The molecule has 0 radical (unpaired) electrons. The zero-order valence-electron chi connectivity index (χ0n) is 15.3. The van der Waals surface area contributed by atoms with Crippen molar-refractivity contribution >= 4 is 5.97 Å². The third kappa shape index (κ3) is 2.29. The number of aliphatic hydroxyl groups is 1. The molecular weight excluding hydrogens is 288 g/mol. The molecule has 7 atom stereocenters. The van der Waals surface area contributed by atoms with Gasteiger partial charge >= 0.3 is 5.97 Å². The van der Waals surface area contributed by atoms with E-state index in [4.69, 9.17) is 0 Å². The predicted octanol–water partition coefficient (Wildman–Crippen LogP) is 4.48. The van der Waals surface area contributed by atoms with Gasteiger partial charge in [0.25, 0.3) is 0 Å². The Bertz CT molecular complexity index is 487. The van der Waals surface area contributed by atoms with Gasteiger partial charge in [-0.25, -0.2) is 0 Å². The number of carboxylic acid groups (broad SMARTS) is 1. The van der Waals surface area contributed by atoms with E-state index < -0.39 is 11.4 Å². The first-order valence-electron chi connectivity index (χ1n) is 9.58. The number of carbonyl (C=O) groups is 1. The zero-order chi connectivity index (χ0) is 17.0. The van der Waals surface area contributed by atoms with Crippen molar-refractivity contribution in [1.82, 2.24) is 0 Å². The van der Waals surface area contributed by atoms with Crippen molar-refractivity contribution in [2.75, 3.05) is 0 Å². The molecule has 3 aliphatic carbocycles. The van der Waals surface area contributed by atoms with Gasteiger partial charge < -0.3 is 10.2 Å². The van der Waals surface area contributed by atoms with Crippen molar-refractivity contribution < 1.29 is 15.0 Å². The Labute approximate surface area is 140 Å². The summed E-state index contributed by atoms with van der Waals surface area (Å²) in [5.41, 5.74) is -0.499. The first kappa shape index (κ1) is 17.3. The zero-order valence-corrected chi connectivity index (χ0v) is 15.3. The number of aliphatic carboxylic acids is 1. The van der Waals surface area contributed by atoms with Crippen LogP contribution in [0.2, 0.25) is 0 Å². The molecule has 3 saturated carbocycles. The number of hydrogen-bond acceptors (Lipinski definition) is 2. The van der Waals surface area contributed by atoms with Gasteiger partial charge in [-0.05, 0) is 81.0 Å². The quantitative estimate of drug-likeness (QED) is 0.788. The molecule has 3 aliphatic rings. The Morgan fingerprint density at radius 1 is 1.09 bits per heavy atom. The average Bonchev–Trinajstić information content (AvgIpc) is 2.46. The van der Waals surface area contributed by atoms with Crippen molar-refractivity contribution in [3.05, 3.63) is 0 Å². The van der Waals surface area contributed by atoms with Crippen LogP contribution >= 0.6 is 0 Å². The first-order valence-corrected chi connectivity index (χ1v) is 9.58. The van der Waals surface area contributed by atoms with Gasteiger partial charge in [-0.2, -0.15) is 0 Å². The Balaban J connectivity index is 2.03. The molecule has 0 aromatic rings. The highest BCUT2D eigenvalue weighted by Gasteiger charge is 2.64. The second-order valence-electron chi connectivity index (χ2n) is 9.52. The molecule has 0 saturated heterocycles. The van der Waals surface area contributed by atoms with Crippen LogP contribution in [0.3, 0.4) is 0 Å². The lowest BCUT2D eigenvalue weighted by Crippen LogP contribution is -2.61. The van der Waals surface area contributed by atoms with Gasteiger partial charge in [-0.15, -0.1) is 0 Å². The van der Waals surface area contributed by atoms with Gasteiger partial charge in [-0.3, -0.25) is 4.79 Å². The monoisotopic (exact) mass is 322 g/mol. The topological polar surface area (TPSA) is 57.5 Å². The largest absolute Gasteiger partial charge is 0.481 e. The van der Waals surface area contributed by atoms with E-state index >= 15 is 0 Å². The summed E-state index contributed by atoms with van der Waals surface area (Å²) in [6, 6.07) is 0. The standard InChI is InChI=1S/C20H34O3/c1-13-6-7-16-18(3)9-5-10-19(4,17(22)23)15(18)8-11-20(16,12-13)14(2)21/h13-16,21H,5-12H2,1-4H3,(H,22,23)/t13-,14-,15?,16?,18-,19-,20-/m1/s1. The van der Waals surface area contributed by atoms with Gasteiger partial charge in [0.05, 0.1) is 11.5 Å². The Hall–Kier alpha value is -0.570. The second kappa shape index (κ2) is 5.47. The van der Waals surface area contributed by atoms with Gasteiger partial charge in [0.1, 0.15) is 0 Å². The Morgan fingerprint density at radius 3 is 2.39 bits per heavy atom. The highest BCUT2D eigenvalue weighted by molar-refractivity contribution is 5.75. The summed E-state index contributed by atoms with van der Waals surface area (Å²) in [5, 5.41) is 20.6. The normalized spacial score (nSPS) is 51.4. The minimum absolute atomic E-state index is 0.0136. The predicted molar refractivity (Wildman–Crippen MR) is 91.0 cm³/mol. The molecule has 23 heavy (non-hydrogen) atoms. The number of fused-ring (bicyclic) bond motifs is 3. The minimum Gasteiger partial charge on any atom is -0.481 e. The summed E-state index contributed by atoms with van der Waals surface area (Å²) in [7, 11) is 0. The van der Waals surface area contributed by atoms with Crippen molar-refractivity contribution in [2.24, 2.45) is 34.0 Å². The minimum atomic E-state index is -0.609. The molecule has 2 N–H and O–H groups in total. The summed E-state index contributed by atoms with van der Waals surface area (Å²) in [6.45, 7) is 8.64. The van der Waals surface area contributed by atoms with Gasteiger partial charge in [0.2, 0.25) is 0 Å². The van der Waals surface area contributed by atoms with E-state index in [-0.39, 0.29) is 22.9 Å². The SMILES string of the molecule is C[C@@H]1CCC2[C@]3(C)CCC[C@@](C)(C(=O)O)C3CC[C@]2([C@@H](C)O)C1. The fourth-order valence-corrected chi connectivity index (χ4v) is 7.21. The molecule has 3 heteroatoms. The molecule has 132 valence electrons. The summed E-state index contributed by atoms with van der Waals surface area (Å²) < 4.78 is 0. The Kier molecular flexibility index (Phi) is 4.11. The van der Waals surface area contributed by atoms with E-state index in [9.17, 15) is 15.0 Å². The van der Waals surface area contributed by atoms with Crippen molar-refractivity contribution in [2.45, 2.75) is 85.2 Å². The molecule has 0 aromatic heterocycles. The van der Waals surface area contributed by atoms with Crippen molar-refractivity contribution in [3.8, 4) is 0 Å². The number of aliphatic hydroxyl groups excluding tert-OH is 1. The van der Waals surface area contributed by atoms with Crippen molar-refractivity contribution in [3.63, 3.8) is 0 Å². The van der Waals surface area contributed by atoms with E-state index in [0.717, 1.165) is 44.9 Å². The Morgan fingerprint density at radius 2 is 1.78 bits per heavy atom. The lowest BCUT2D eigenvalue weighted by Gasteiger charge is -2.65. The van der Waals surface area contributed by atoms with Crippen LogP contribution in [-0.4, -0.2) is 22.3 Å². The van der Waals surface area contributed by atoms with E-state index in [1.165, 1.54) is 6.42 Å². The van der Waals surface area contributed by atoms with Gasteiger partial charge in [0, 0.05) is 0 Å². The van der Waals surface area contributed by atoms with Gasteiger partial charge in [-0.1, -0.05) is 26.7 Å². The summed E-state index contributed by atoms with van der Waals surface area (Å²) in [5.74, 6) is 0.799. The average molecular weight is 322 g/mol. The van der Waals surface area contributed by atoms with Gasteiger partial charge in [0.15, 0.2) is 0 Å². The lowest BCUT2D eigenvalue weighted by atomic mass is 9.39. The molecular formula is C20H34O3. The van der Waals surface area contributed by atoms with Crippen LogP contribution in [0.5, 0.6) is 0 Å². The molecule has 2 unspecified atom stereocenters. The number of rotatable bonds is 2. The summed E-state index contributed by atoms with van der Waals surface area (Å²) in [4.78, 5) is 12.0. The van der Waals surface area contributed by atoms with Crippen LogP contribution < -0.4 is 0 Å². The first-order chi connectivity index (χ1) is 10.7. The van der Waals surface area contributed by atoms with Crippen molar-refractivity contribution in [1.29, 1.82) is 0 Å². The van der Waals surface area contributed by atoms with E-state index in [0.29, 0.717) is 11.8 Å².